The van der Waals surface area contributed by atoms with Crippen molar-refractivity contribution in [1.82, 2.24) is 9.38 Å². The van der Waals surface area contributed by atoms with E-state index in [0.717, 1.165) is 5.69 Å². The molecule has 0 unspecified atom stereocenters. The smallest absolute Gasteiger partial charge is 0.209 e. The molecule has 23 heavy (non-hydrogen) atoms. The number of hydrogen-bond donors (Lipinski definition) is 0. The van der Waals surface area contributed by atoms with E-state index in [1.165, 1.54) is 0 Å². The minimum absolute atomic E-state index is 0.142. The predicted octanol–water partition coefficient (Wildman–Crippen LogP) is 3.79. The van der Waals surface area contributed by atoms with Gasteiger partial charge in [-0.2, -0.15) is 4.39 Å². The minimum Gasteiger partial charge on any atom is -0.487 e. The first-order valence-electron chi connectivity index (χ1n) is 7.62. The number of fused-ring (bicyclic) bond motifs is 2. The number of nitrogens with zero attached hydrogens (tertiary/aromatic N) is 2. The number of imidazole rings is 1. The predicted molar refractivity (Wildman–Crippen MR) is 84.2 cm³/mol. The van der Waals surface area contributed by atoms with Gasteiger partial charge in [-0.3, -0.25) is 0 Å². The number of pyridine rings is 1. The number of hydrogen-bond acceptors (Lipinski definition) is 3. The van der Waals surface area contributed by atoms with E-state index < -0.39 is 18.1 Å². The summed E-state index contributed by atoms with van der Waals surface area (Å²) in [4.78, 5) is 4.46. The topological polar surface area (TPSA) is 35.8 Å². The summed E-state index contributed by atoms with van der Waals surface area (Å²) in [6.07, 6.45) is 4.62. The quantitative estimate of drug-likeness (QED) is 0.801. The van der Waals surface area contributed by atoms with Crippen molar-refractivity contribution in [2.75, 3.05) is 13.3 Å². The van der Waals surface area contributed by atoms with Crippen molar-refractivity contribution in [2.45, 2.75) is 43.8 Å². The molecule has 2 aromatic heterocycles. The summed E-state index contributed by atoms with van der Waals surface area (Å²) in [5.74, 6) is -0.331. The van der Waals surface area contributed by atoms with Gasteiger partial charge in [0.15, 0.2) is 11.4 Å². The van der Waals surface area contributed by atoms with E-state index >= 15 is 0 Å². The minimum atomic E-state index is -0.638. The molecule has 4 heterocycles. The Labute approximate surface area is 140 Å². The Morgan fingerprint density at radius 3 is 2.78 bits per heavy atom. The van der Waals surface area contributed by atoms with Crippen LogP contribution in [0.2, 0.25) is 0 Å². The highest BCUT2D eigenvalue weighted by molar-refractivity contribution is 9.10. The van der Waals surface area contributed by atoms with E-state index in [1.807, 2.05) is 13.8 Å². The maximum absolute atomic E-state index is 14.7. The van der Waals surface area contributed by atoms with E-state index in [9.17, 15) is 8.78 Å². The highest BCUT2D eigenvalue weighted by Crippen LogP contribution is 2.58. The summed E-state index contributed by atoms with van der Waals surface area (Å²) in [6.45, 7) is 3.65. The first-order valence-corrected chi connectivity index (χ1v) is 8.41. The molecule has 3 aliphatic rings. The zero-order chi connectivity index (χ0) is 16.4. The van der Waals surface area contributed by atoms with Crippen LogP contribution in [0.4, 0.5) is 8.78 Å². The fourth-order valence-corrected chi connectivity index (χ4v) is 4.19. The molecule has 0 amide bonds. The summed E-state index contributed by atoms with van der Waals surface area (Å²) in [5, 5.41) is 0. The van der Waals surface area contributed by atoms with Crippen molar-refractivity contribution >= 4 is 21.6 Å². The van der Waals surface area contributed by atoms with Gasteiger partial charge in [0.1, 0.15) is 6.67 Å². The van der Waals surface area contributed by atoms with E-state index in [1.54, 1.807) is 16.8 Å². The highest BCUT2D eigenvalue weighted by atomic mass is 79.9. The van der Waals surface area contributed by atoms with Crippen LogP contribution in [0, 0.1) is 5.82 Å². The second-order valence-electron chi connectivity index (χ2n) is 6.88. The Bertz CT molecular complexity index is 784. The van der Waals surface area contributed by atoms with Gasteiger partial charge in [0.25, 0.3) is 0 Å². The molecule has 1 aliphatic carbocycles. The maximum Gasteiger partial charge on any atom is 0.209 e. The molecule has 2 aromatic rings. The lowest BCUT2D eigenvalue weighted by atomic mass is 9.61. The van der Waals surface area contributed by atoms with Gasteiger partial charge in [-0.15, -0.1) is 0 Å². The van der Waals surface area contributed by atoms with Crippen molar-refractivity contribution < 1.29 is 18.3 Å². The third-order valence-corrected chi connectivity index (χ3v) is 5.28. The van der Waals surface area contributed by atoms with Gasteiger partial charge in [-0.25, -0.2) is 9.37 Å². The van der Waals surface area contributed by atoms with Crippen LogP contribution in [0.1, 0.15) is 32.4 Å². The highest BCUT2D eigenvalue weighted by Gasteiger charge is 2.64. The van der Waals surface area contributed by atoms with Crippen LogP contribution in [0.25, 0.3) is 5.65 Å². The van der Waals surface area contributed by atoms with Crippen LogP contribution >= 0.6 is 15.9 Å². The van der Waals surface area contributed by atoms with Crippen LogP contribution in [0.15, 0.2) is 16.9 Å². The number of alkyl halides is 1. The van der Waals surface area contributed by atoms with Crippen LogP contribution in [0.5, 0.6) is 5.75 Å². The summed E-state index contributed by atoms with van der Waals surface area (Å²) in [5.41, 5.74) is 0.0566. The van der Waals surface area contributed by atoms with Gasteiger partial charge in [0.2, 0.25) is 5.82 Å². The molecular weight excluding hydrogens is 370 g/mol. The van der Waals surface area contributed by atoms with Gasteiger partial charge in [-0.1, -0.05) is 0 Å². The molecule has 0 aromatic carbocycles. The second-order valence-corrected chi connectivity index (χ2v) is 7.74. The lowest BCUT2D eigenvalue weighted by Crippen LogP contribution is -2.48. The van der Waals surface area contributed by atoms with Gasteiger partial charge in [-0.05, 0) is 42.6 Å². The lowest BCUT2D eigenvalue weighted by molar-refractivity contribution is -0.0235. The van der Waals surface area contributed by atoms with Crippen molar-refractivity contribution in [1.29, 1.82) is 0 Å². The number of rotatable bonds is 4. The van der Waals surface area contributed by atoms with E-state index in [4.69, 9.17) is 9.47 Å². The normalized spacial score (nSPS) is 29.3. The molecule has 0 spiro atoms. The van der Waals surface area contributed by atoms with Gasteiger partial charge >= 0.3 is 0 Å². The molecule has 2 saturated heterocycles. The molecule has 0 atom stereocenters. The van der Waals surface area contributed by atoms with Crippen molar-refractivity contribution in [3.8, 4) is 5.75 Å². The lowest BCUT2D eigenvalue weighted by Gasteiger charge is -2.41. The fraction of sp³-hybridized carbons (Fsp3) is 0.562. The van der Waals surface area contributed by atoms with Gasteiger partial charge in [0.05, 0.1) is 28.5 Å². The molecular formula is C16H17BrF2N2O2. The molecule has 2 bridgehead atoms. The van der Waals surface area contributed by atoms with Crippen molar-refractivity contribution in [3.63, 3.8) is 0 Å². The average Bonchev–Trinajstić information content (AvgIpc) is 3.13. The zero-order valence-electron chi connectivity index (χ0n) is 12.9. The van der Waals surface area contributed by atoms with Crippen LogP contribution in [-0.4, -0.2) is 34.4 Å². The third kappa shape index (κ3) is 2.12. The Balaban J connectivity index is 1.76. The molecule has 124 valence electrons. The number of halogens is 3. The van der Waals surface area contributed by atoms with Gasteiger partial charge < -0.3 is 13.9 Å². The molecule has 7 heteroatoms. The van der Waals surface area contributed by atoms with Gasteiger partial charge in [0, 0.05) is 17.8 Å². The Hall–Kier alpha value is -1.21. The second kappa shape index (κ2) is 4.89. The summed E-state index contributed by atoms with van der Waals surface area (Å²) >= 11 is 3.34. The maximum atomic E-state index is 14.7. The SMILES string of the molecule is CC(C)Oc1c(Br)cn2cc(C34COC(CF)(C3)C4)nc2c1F. The van der Waals surface area contributed by atoms with E-state index in [0.29, 0.717) is 23.9 Å². The Morgan fingerprint density at radius 1 is 1.43 bits per heavy atom. The first kappa shape index (κ1) is 15.3. The zero-order valence-corrected chi connectivity index (χ0v) is 14.5. The van der Waals surface area contributed by atoms with Crippen LogP contribution in [-0.2, 0) is 10.2 Å². The molecule has 1 saturated carbocycles. The van der Waals surface area contributed by atoms with Crippen molar-refractivity contribution in [2.24, 2.45) is 0 Å². The van der Waals surface area contributed by atoms with Crippen LogP contribution < -0.4 is 4.74 Å². The molecule has 3 fully saturated rings. The standard InChI is InChI=1S/C16H17BrF2N2O2/c1-9(2)23-13-10(17)3-21-4-11(20-14(21)12(13)19)15-5-16(6-15,7-18)22-8-15/h3-4,9H,5-8H2,1-2H3. The number of ether oxygens (including phenoxy) is 2. The van der Waals surface area contributed by atoms with Crippen molar-refractivity contribution in [3.05, 3.63) is 28.4 Å². The Kier molecular flexibility index (Phi) is 3.26. The molecule has 4 nitrogen and oxygen atoms in total. The molecule has 2 aliphatic heterocycles. The van der Waals surface area contributed by atoms with Crippen LogP contribution in [0.3, 0.4) is 0 Å². The first-order chi connectivity index (χ1) is 10.9. The third-order valence-electron chi connectivity index (χ3n) is 4.71. The molecule has 0 radical (unpaired) electrons. The number of aromatic nitrogens is 2. The fourth-order valence-electron chi connectivity index (χ4n) is 3.71. The largest absolute Gasteiger partial charge is 0.487 e. The Morgan fingerprint density at radius 2 is 2.17 bits per heavy atom. The van der Waals surface area contributed by atoms with E-state index in [-0.39, 0.29) is 22.9 Å². The summed E-state index contributed by atoms with van der Waals surface area (Å²) in [6, 6.07) is 0. The van der Waals surface area contributed by atoms with E-state index in [2.05, 4.69) is 20.9 Å². The molecule has 5 rings (SSSR count). The summed E-state index contributed by atoms with van der Waals surface area (Å²) in [7, 11) is 0. The summed E-state index contributed by atoms with van der Waals surface area (Å²) < 4.78 is 41.1. The molecule has 0 N–H and O–H groups in total. The monoisotopic (exact) mass is 386 g/mol. The average molecular weight is 387 g/mol.